The Kier molecular flexibility index (Phi) is 3.76. The van der Waals surface area contributed by atoms with E-state index in [9.17, 15) is 9.18 Å². The fourth-order valence-corrected chi connectivity index (χ4v) is 3.46. The number of nitrogens with one attached hydrogen (secondary N) is 1. The Morgan fingerprint density at radius 2 is 1.92 bits per heavy atom. The molecule has 3 aromatic rings. The van der Waals surface area contributed by atoms with Crippen LogP contribution in [-0.2, 0) is 0 Å². The number of rotatable bonds is 2. The number of hydrogen-bond acceptors (Lipinski definition) is 2. The predicted octanol–water partition coefficient (Wildman–Crippen LogP) is 3.72. The van der Waals surface area contributed by atoms with Gasteiger partial charge in [-0.15, -0.1) is 0 Å². The minimum atomic E-state index is -0.322. The first-order chi connectivity index (χ1) is 11.7. The first-order valence-electron chi connectivity index (χ1n) is 8.19. The fourth-order valence-electron chi connectivity index (χ4n) is 3.46. The van der Waals surface area contributed by atoms with E-state index >= 15 is 0 Å². The smallest absolute Gasteiger partial charge is 0.253 e. The predicted molar refractivity (Wildman–Crippen MR) is 90.4 cm³/mol. The van der Waals surface area contributed by atoms with Crippen LogP contribution in [0.15, 0.2) is 48.8 Å². The highest BCUT2D eigenvalue weighted by Gasteiger charge is 2.26. The Morgan fingerprint density at radius 1 is 1.17 bits per heavy atom. The van der Waals surface area contributed by atoms with Crippen LogP contribution in [0.4, 0.5) is 4.39 Å². The zero-order valence-electron chi connectivity index (χ0n) is 13.2. The van der Waals surface area contributed by atoms with E-state index in [1.165, 1.54) is 17.7 Å². The maximum Gasteiger partial charge on any atom is 0.253 e. The number of carbonyl (C=O) groups is 1. The van der Waals surface area contributed by atoms with Gasteiger partial charge in [-0.3, -0.25) is 9.78 Å². The molecule has 0 spiro atoms. The minimum Gasteiger partial charge on any atom is -0.360 e. The first-order valence-corrected chi connectivity index (χ1v) is 8.19. The maximum atomic E-state index is 13.0. The standard InChI is InChI=1S/C19H18FN3O/c20-15-5-3-14(4-6-15)19(24)23-10-7-13(8-11-23)16-12-22-17-2-1-9-21-18(16)17/h1-6,9,12-13,22H,7-8,10-11H2. The zero-order valence-corrected chi connectivity index (χ0v) is 13.2. The van der Waals surface area contributed by atoms with E-state index in [-0.39, 0.29) is 11.7 Å². The summed E-state index contributed by atoms with van der Waals surface area (Å²) in [5.74, 6) is 0.0634. The van der Waals surface area contributed by atoms with E-state index in [4.69, 9.17) is 0 Å². The van der Waals surface area contributed by atoms with E-state index in [0.717, 1.165) is 23.9 Å². The van der Waals surface area contributed by atoms with E-state index in [2.05, 4.69) is 9.97 Å². The van der Waals surface area contributed by atoms with Crippen molar-refractivity contribution in [3.63, 3.8) is 0 Å². The lowest BCUT2D eigenvalue weighted by Crippen LogP contribution is -2.37. The summed E-state index contributed by atoms with van der Waals surface area (Å²) in [4.78, 5) is 22.1. The highest BCUT2D eigenvalue weighted by Crippen LogP contribution is 2.32. The third-order valence-corrected chi connectivity index (χ3v) is 4.78. The van der Waals surface area contributed by atoms with Gasteiger partial charge in [-0.1, -0.05) is 0 Å². The summed E-state index contributed by atoms with van der Waals surface area (Å²) in [7, 11) is 0. The summed E-state index contributed by atoms with van der Waals surface area (Å²) in [5.41, 5.74) is 3.86. The topological polar surface area (TPSA) is 49.0 Å². The van der Waals surface area contributed by atoms with Crippen LogP contribution >= 0.6 is 0 Å². The number of piperidine rings is 1. The van der Waals surface area contributed by atoms with Crippen molar-refractivity contribution in [3.05, 3.63) is 65.7 Å². The second-order valence-corrected chi connectivity index (χ2v) is 6.22. The van der Waals surface area contributed by atoms with Gasteiger partial charge in [0.25, 0.3) is 5.91 Å². The molecule has 122 valence electrons. The van der Waals surface area contributed by atoms with Crippen LogP contribution in [0, 0.1) is 5.82 Å². The molecule has 1 aliphatic heterocycles. The zero-order chi connectivity index (χ0) is 16.5. The summed E-state index contributed by atoms with van der Waals surface area (Å²) in [6.45, 7) is 1.42. The number of benzene rings is 1. The number of halogens is 1. The number of nitrogens with zero attached hydrogens (tertiary/aromatic N) is 2. The molecule has 4 rings (SSSR count). The van der Waals surface area contributed by atoms with Crippen LogP contribution in [0.5, 0.6) is 0 Å². The molecule has 0 aliphatic carbocycles. The third-order valence-electron chi connectivity index (χ3n) is 4.78. The van der Waals surface area contributed by atoms with Gasteiger partial charge in [-0.2, -0.15) is 0 Å². The number of amides is 1. The molecule has 4 nitrogen and oxygen atoms in total. The van der Waals surface area contributed by atoms with E-state index < -0.39 is 0 Å². The summed E-state index contributed by atoms with van der Waals surface area (Å²) in [6, 6.07) is 9.71. The van der Waals surface area contributed by atoms with Crippen LogP contribution in [-0.4, -0.2) is 33.9 Å². The van der Waals surface area contributed by atoms with E-state index in [1.54, 1.807) is 12.1 Å². The molecule has 1 aliphatic rings. The molecule has 1 aromatic carbocycles. The SMILES string of the molecule is O=C(c1ccc(F)cc1)N1CCC(c2c[nH]c3cccnc23)CC1. The average molecular weight is 323 g/mol. The van der Waals surface area contributed by atoms with Crippen molar-refractivity contribution in [2.45, 2.75) is 18.8 Å². The number of carbonyl (C=O) groups excluding carboxylic acids is 1. The van der Waals surface area contributed by atoms with Crippen LogP contribution in [0.25, 0.3) is 11.0 Å². The van der Waals surface area contributed by atoms with Crippen molar-refractivity contribution in [2.24, 2.45) is 0 Å². The highest BCUT2D eigenvalue weighted by atomic mass is 19.1. The average Bonchev–Trinajstić information content (AvgIpc) is 3.06. The molecule has 0 saturated carbocycles. The van der Waals surface area contributed by atoms with Gasteiger partial charge in [0.15, 0.2) is 0 Å². The van der Waals surface area contributed by atoms with Gasteiger partial charge >= 0.3 is 0 Å². The van der Waals surface area contributed by atoms with Gasteiger partial charge in [0, 0.05) is 31.0 Å². The van der Waals surface area contributed by atoms with Crippen molar-refractivity contribution in [1.29, 1.82) is 0 Å². The summed E-state index contributed by atoms with van der Waals surface area (Å²) in [5, 5.41) is 0. The van der Waals surface area contributed by atoms with Gasteiger partial charge in [0.2, 0.25) is 0 Å². The highest BCUT2D eigenvalue weighted by molar-refractivity contribution is 5.94. The number of hydrogen-bond donors (Lipinski definition) is 1. The van der Waals surface area contributed by atoms with Crippen molar-refractivity contribution in [1.82, 2.24) is 14.9 Å². The molecule has 0 radical (unpaired) electrons. The van der Waals surface area contributed by atoms with Gasteiger partial charge < -0.3 is 9.88 Å². The quantitative estimate of drug-likeness (QED) is 0.781. The van der Waals surface area contributed by atoms with Gasteiger partial charge in [-0.05, 0) is 60.7 Å². The number of aromatic nitrogens is 2. The molecule has 24 heavy (non-hydrogen) atoms. The second kappa shape index (κ2) is 6.07. The van der Waals surface area contributed by atoms with E-state index in [0.29, 0.717) is 24.6 Å². The van der Waals surface area contributed by atoms with Gasteiger partial charge in [0.1, 0.15) is 5.82 Å². The Balaban J connectivity index is 1.47. The number of H-pyrrole nitrogens is 1. The van der Waals surface area contributed by atoms with Crippen LogP contribution < -0.4 is 0 Å². The lowest BCUT2D eigenvalue weighted by atomic mass is 9.90. The molecule has 1 saturated heterocycles. The Morgan fingerprint density at radius 3 is 2.67 bits per heavy atom. The molecule has 1 fully saturated rings. The second-order valence-electron chi connectivity index (χ2n) is 6.22. The van der Waals surface area contributed by atoms with Gasteiger partial charge in [0.05, 0.1) is 11.0 Å². The Hall–Kier alpha value is -2.69. The minimum absolute atomic E-state index is 0.0227. The Labute approximate surface area is 139 Å². The Bertz CT molecular complexity index is 864. The van der Waals surface area contributed by atoms with Crippen molar-refractivity contribution in [3.8, 4) is 0 Å². The molecule has 0 bridgehead atoms. The number of aromatic amines is 1. The molecular weight excluding hydrogens is 305 g/mol. The van der Waals surface area contributed by atoms with Crippen LogP contribution in [0.1, 0.15) is 34.7 Å². The van der Waals surface area contributed by atoms with Gasteiger partial charge in [-0.25, -0.2) is 4.39 Å². The summed E-state index contributed by atoms with van der Waals surface area (Å²) < 4.78 is 13.0. The molecule has 1 N–H and O–H groups in total. The summed E-state index contributed by atoms with van der Waals surface area (Å²) in [6.07, 6.45) is 5.68. The van der Waals surface area contributed by atoms with Crippen molar-refractivity contribution < 1.29 is 9.18 Å². The maximum absolute atomic E-state index is 13.0. The van der Waals surface area contributed by atoms with Crippen molar-refractivity contribution in [2.75, 3.05) is 13.1 Å². The monoisotopic (exact) mass is 323 g/mol. The third kappa shape index (κ3) is 2.66. The molecule has 2 aromatic heterocycles. The number of pyridine rings is 1. The normalized spacial score (nSPS) is 15.8. The lowest BCUT2D eigenvalue weighted by Gasteiger charge is -2.32. The van der Waals surface area contributed by atoms with E-state index in [1.807, 2.05) is 29.4 Å². The van der Waals surface area contributed by atoms with Crippen LogP contribution in [0.3, 0.4) is 0 Å². The molecule has 1 amide bonds. The lowest BCUT2D eigenvalue weighted by molar-refractivity contribution is 0.0713. The number of likely N-dealkylation sites (tertiary alicyclic amines) is 1. The molecule has 5 heteroatoms. The molecule has 0 atom stereocenters. The largest absolute Gasteiger partial charge is 0.360 e. The first kappa shape index (κ1) is 14.9. The number of fused-ring (bicyclic) bond motifs is 1. The fraction of sp³-hybridized carbons (Fsp3) is 0.263. The molecular formula is C19H18FN3O. The molecule has 3 heterocycles. The van der Waals surface area contributed by atoms with Crippen molar-refractivity contribution >= 4 is 16.9 Å². The summed E-state index contributed by atoms with van der Waals surface area (Å²) >= 11 is 0. The molecule has 0 unspecified atom stereocenters. The van der Waals surface area contributed by atoms with Crippen LogP contribution in [0.2, 0.25) is 0 Å².